The Morgan fingerprint density at radius 1 is 1.29 bits per heavy atom. The zero-order valence-corrected chi connectivity index (χ0v) is 19.8. The summed E-state index contributed by atoms with van der Waals surface area (Å²) >= 11 is 1.75. The predicted molar refractivity (Wildman–Crippen MR) is 134 cm³/mol. The van der Waals surface area contributed by atoms with Gasteiger partial charge in [-0.05, 0) is 31.7 Å². The first-order valence-electron chi connectivity index (χ1n) is 10.8. The number of aryl methyl sites for hydroxylation is 1. The third-order valence-corrected chi connectivity index (χ3v) is 6.38. The lowest BCUT2D eigenvalue weighted by atomic mass is 10.0. The highest BCUT2D eigenvalue weighted by Crippen LogP contribution is 2.29. The summed E-state index contributed by atoms with van der Waals surface area (Å²) in [5.41, 5.74) is 7.80. The molecule has 34 heavy (non-hydrogen) atoms. The third kappa shape index (κ3) is 5.24. The van der Waals surface area contributed by atoms with Gasteiger partial charge in [0.1, 0.15) is 25.0 Å². The number of pyridine rings is 1. The van der Waals surface area contributed by atoms with E-state index in [0.29, 0.717) is 24.4 Å². The molecule has 0 spiro atoms. The number of hydrogen-bond acceptors (Lipinski definition) is 9. The van der Waals surface area contributed by atoms with Crippen molar-refractivity contribution in [2.45, 2.75) is 26.1 Å². The normalized spacial score (nSPS) is 14.4. The van der Waals surface area contributed by atoms with Gasteiger partial charge in [0.25, 0.3) is 5.56 Å². The van der Waals surface area contributed by atoms with Crippen LogP contribution in [0.1, 0.15) is 22.0 Å². The Labute approximate surface area is 200 Å². The SMILES string of the molecule is CNCc1cc2cnc(N)cc2s1.Cc1ccc(C2COc3ncn(CC=O)c(=O)c3N2)cc1. The van der Waals surface area contributed by atoms with E-state index in [0.717, 1.165) is 12.1 Å². The molecule has 4 aromatic rings. The number of nitrogens with two attached hydrogens (primary N) is 1. The molecular formula is C24H26N6O3S. The van der Waals surface area contributed by atoms with Crippen LogP contribution >= 0.6 is 11.3 Å². The fourth-order valence-corrected chi connectivity index (χ4v) is 4.63. The highest BCUT2D eigenvalue weighted by Gasteiger charge is 2.24. The van der Waals surface area contributed by atoms with Crippen LogP contribution < -0.4 is 26.7 Å². The summed E-state index contributed by atoms with van der Waals surface area (Å²) < 4.78 is 8.02. The fraction of sp³-hybridized carbons (Fsp3) is 0.250. The summed E-state index contributed by atoms with van der Waals surface area (Å²) in [6.45, 7) is 3.31. The van der Waals surface area contributed by atoms with Crippen LogP contribution in [-0.4, -0.2) is 34.5 Å². The molecule has 0 aliphatic carbocycles. The van der Waals surface area contributed by atoms with Crippen molar-refractivity contribution in [3.8, 4) is 5.88 Å². The first-order chi connectivity index (χ1) is 16.5. The molecule has 0 amide bonds. The Kier molecular flexibility index (Phi) is 7.19. The molecule has 1 unspecified atom stereocenters. The van der Waals surface area contributed by atoms with Gasteiger partial charge in [0, 0.05) is 27.7 Å². The van der Waals surface area contributed by atoms with Crippen LogP contribution in [0.15, 0.2) is 53.7 Å². The lowest BCUT2D eigenvalue weighted by Crippen LogP contribution is -2.32. The molecule has 4 heterocycles. The van der Waals surface area contributed by atoms with Crippen LogP contribution in [0.5, 0.6) is 5.88 Å². The van der Waals surface area contributed by atoms with E-state index in [1.54, 1.807) is 11.3 Å². The van der Waals surface area contributed by atoms with Gasteiger partial charge in [-0.15, -0.1) is 11.3 Å². The largest absolute Gasteiger partial charge is 0.473 e. The smallest absolute Gasteiger partial charge is 0.281 e. The maximum absolute atomic E-state index is 12.3. The maximum Gasteiger partial charge on any atom is 0.281 e. The van der Waals surface area contributed by atoms with Crippen LogP contribution in [0.4, 0.5) is 11.5 Å². The van der Waals surface area contributed by atoms with Gasteiger partial charge < -0.3 is 25.9 Å². The van der Waals surface area contributed by atoms with Crippen molar-refractivity contribution in [3.63, 3.8) is 0 Å². The molecule has 10 heteroatoms. The molecule has 0 fully saturated rings. The minimum atomic E-state index is -0.302. The van der Waals surface area contributed by atoms with Gasteiger partial charge in [0.2, 0.25) is 5.88 Å². The summed E-state index contributed by atoms with van der Waals surface area (Å²) in [5.74, 6) is 0.871. The number of anilines is 2. The highest BCUT2D eigenvalue weighted by molar-refractivity contribution is 7.19. The number of carbonyl (C=O) groups excluding carboxylic acids is 1. The second-order valence-electron chi connectivity index (χ2n) is 7.86. The highest BCUT2D eigenvalue weighted by atomic mass is 32.1. The average molecular weight is 479 g/mol. The Bertz CT molecular complexity index is 1350. The molecule has 4 N–H and O–H groups in total. The first kappa shape index (κ1) is 23.4. The molecule has 1 aliphatic rings. The number of thiophene rings is 1. The topological polar surface area (TPSA) is 124 Å². The van der Waals surface area contributed by atoms with E-state index in [1.807, 2.05) is 50.5 Å². The fourth-order valence-electron chi connectivity index (χ4n) is 3.54. The Morgan fingerprint density at radius 2 is 2.09 bits per heavy atom. The number of benzene rings is 1. The van der Waals surface area contributed by atoms with Crippen molar-refractivity contribution in [2.24, 2.45) is 0 Å². The number of nitrogens with zero attached hydrogens (tertiary/aromatic N) is 3. The third-order valence-electron chi connectivity index (χ3n) is 5.28. The van der Waals surface area contributed by atoms with Gasteiger partial charge in [0.05, 0.1) is 12.6 Å². The van der Waals surface area contributed by atoms with E-state index in [9.17, 15) is 9.59 Å². The molecule has 176 valence electrons. The number of fused-ring (bicyclic) bond motifs is 2. The lowest BCUT2D eigenvalue weighted by molar-refractivity contribution is -0.108. The molecule has 9 nitrogen and oxygen atoms in total. The van der Waals surface area contributed by atoms with Gasteiger partial charge in [0.15, 0.2) is 5.69 Å². The van der Waals surface area contributed by atoms with Crippen LogP contribution in [0.3, 0.4) is 0 Å². The molecule has 3 aromatic heterocycles. The molecule has 0 saturated heterocycles. The summed E-state index contributed by atoms with van der Waals surface area (Å²) in [6, 6.07) is 12.0. The number of nitrogens with one attached hydrogen (secondary N) is 2. The molecule has 1 aromatic carbocycles. The second-order valence-corrected chi connectivity index (χ2v) is 9.03. The van der Waals surface area contributed by atoms with Crippen molar-refractivity contribution in [2.75, 3.05) is 24.7 Å². The van der Waals surface area contributed by atoms with E-state index < -0.39 is 0 Å². The quantitative estimate of drug-likeness (QED) is 0.374. The van der Waals surface area contributed by atoms with Gasteiger partial charge in [-0.3, -0.25) is 9.36 Å². The van der Waals surface area contributed by atoms with Gasteiger partial charge in [-0.2, -0.15) is 0 Å². The van der Waals surface area contributed by atoms with E-state index in [2.05, 4.69) is 26.7 Å². The van der Waals surface area contributed by atoms with E-state index in [1.165, 1.54) is 31.4 Å². The predicted octanol–water partition coefficient (Wildman–Crippen LogP) is 2.89. The minimum Gasteiger partial charge on any atom is -0.473 e. The lowest BCUT2D eigenvalue weighted by Gasteiger charge is -2.26. The van der Waals surface area contributed by atoms with E-state index in [-0.39, 0.29) is 24.0 Å². The van der Waals surface area contributed by atoms with E-state index >= 15 is 0 Å². The summed E-state index contributed by atoms with van der Waals surface area (Å²) in [4.78, 5) is 32.2. The van der Waals surface area contributed by atoms with Crippen LogP contribution in [-0.2, 0) is 17.9 Å². The molecule has 1 atom stereocenters. The van der Waals surface area contributed by atoms with Crippen molar-refractivity contribution < 1.29 is 9.53 Å². The van der Waals surface area contributed by atoms with Gasteiger partial charge >= 0.3 is 0 Å². The number of ether oxygens (including phenoxy) is 1. The first-order valence-corrected chi connectivity index (χ1v) is 11.6. The summed E-state index contributed by atoms with van der Waals surface area (Å²) in [6.07, 6.45) is 3.81. The van der Waals surface area contributed by atoms with Crippen molar-refractivity contribution in [1.29, 1.82) is 0 Å². The molecule has 0 bridgehead atoms. The second kappa shape index (κ2) is 10.4. The van der Waals surface area contributed by atoms with Gasteiger partial charge in [-0.25, -0.2) is 9.97 Å². The Hall–Kier alpha value is -3.76. The summed E-state index contributed by atoms with van der Waals surface area (Å²) in [7, 11) is 1.94. The number of rotatable bonds is 5. The van der Waals surface area contributed by atoms with Crippen LogP contribution in [0.2, 0.25) is 0 Å². The Balaban J connectivity index is 0.000000180. The number of nitrogen functional groups attached to an aromatic ring is 1. The van der Waals surface area contributed by atoms with Crippen molar-refractivity contribution in [3.05, 3.63) is 75.3 Å². The molecular weight excluding hydrogens is 452 g/mol. The minimum absolute atomic E-state index is 0.0179. The molecule has 0 radical (unpaired) electrons. The monoisotopic (exact) mass is 478 g/mol. The average Bonchev–Trinajstić information content (AvgIpc) is 3.23. The number of hydrogen-bond donors (Lipinski definition) is 3. The zero-order chi connectivity index (χ0) is 24.1. The maximum atomic E-state index is 12.3. The van der Waals surface area contributed by atoms with Gasteiger partial charge in [-0.1, -0.05) is 29.8 Å². The van der Waals surface area contributed by atoms with E-state index in [4.69, 9.17) is 10.5 Å². The molecule has 0 saturated carbocycles. The Morgan fingerprint density at radius 3 is 2.82 bits per heavy atom. The van der Waals surface area contributed by atoms with Crippen molar-refractivity contribution in [1.82, 2.24) is 19.9 Å². The molecule has 1 aliphatic heterocycles. The van der Waals surface area contributed by atoms with Crippen LogP contribution in [0.25, 0.3) is 10.1 Å². The standard InChI is InChI=1S/C15H15N3O3.C9H11N3S/c1-10-2-4-11(5-3-10)12-8-21-14-13(17-12)15(20)18(6-7-19)9-16-14;1-11-5-7-2-6-4-12-9(10)3-8(6)13-7/h2-5,7,9,12,17H,6,8H2,1H3;2-4,11H,5H2,1H3,(H2,10,12). The number of aldehydes is 1. The zero-order valence-electron chi connectivity index (χ0n) is 18.9. The number of aromatic nitrogens is 3. The number of carbonyl (C=O) groups is 1. The molecule has 5 rings (SSSR count). The van der Waals surface area contributed by atoms with Crippen LogP contribution in [0, 0.1) is 6.92 Å². The van der Waals surface area contributed by atoms with Crippen molar-refractivity contribution >= 4 is 39.2 Å². The summed E-state index contributed by atoms with van der Waals surface area (Å²) in [5, 5.41) is 7.45.